The van der Waals surface area contributed by atoms with Crippen LogP contribution in [0.25, 0.3) is 0 Å². The number of likely N-dealkylation sites (N-methyl/N-ethyl adjacent to an activating group) is 1. The fourth-order valence-corrected chi connectivity index (χ4v) is 5.58. The van der Waals surface area contributed by atoms with Gasteiger partial charge in [0.25, 0.3) is 5.91 Å². The van der Waals surface area contributed by atoms with E-state index in [0.717, 1.165) is 39.1 Å². The Morgan fingerprint density at radius 1 is 1.05 bits per heavy atom. The van der Waals surface area contributed by atoms with E-state index in [1.54, 1.807) is 17.0 Å². The lowest BCUT2D eigenvalue weighted by Gasteiger charge is -2.36. The van der Waals surface area contributed by atoms with Crippen molar-refractivity contribution in [1.29, 1.82) is 0 Å². The van der Waals surface area contributed by atoms with Crippen LogP contribution in [-0.2, 0) is 16.1 Å². The average Bonchev–Trinajstić information content (AvgIpc) is 3.40. The molecule has 3 aliphatic heterocycles. The van der Waals surface area contributed by atoms with Crippen LogP contribution in [0.4, 0.5) is 20.6 Å². The third-order valence-corrected chi connectivity index (χ3v) is 8.66. The van der Waals surface area contributed by atoms with E-state index in [2.05, 4.69) is 34.3 Å². The summed E-state index contributed by atoms with van der Waals surface area (Å²) in [6.45, 7) is 9.83. The number of ether oxygens (including phenoxy) is 2. The first kappa shape index (κ1) is 31.0. The van der Waals surface area contributed by atoms with E-state index in [9.17, 15) is 9.59 Å². The van der Waals surface area contributed by atoms with Gasteiger partial charge in [-0.25, -0.2) is 9.18 Å². The monoisotopic (exact) mass is 612 g/mol. The van der Waals surface area contributed by atoms with Crippen LogP contribution in [-0.4, -0.2) is 117 Å². The molecule has 0 spiro atoms. The summed E-state index contributed by atoms with van der Waals surface area (Å²) >= 11 is 5.17. The summed E-state index contributed by atoms with van der Waals surface area (Å²) in [7, 11) is 2.15. The summed E-state index contributed by atoms with van der Waals surface area (Å²) in [5.74, 6) is 0.164. The number of cyclic esters (lactones) is 1. The molecular formula is C31H41FN6O4S. The maximum Gasteiger partial charge on any atom is 0.414 e. The van der Waals surface area contributed by atoms with Crippen LogP contribution < -0.4 is 19.9 Å². The first-order valence-electron chi connectivity index (χ1n) is 15.0. The lowest BCUT2D eigenvalue weighted by molar-refractivity contribution is -0.133. The summed E-state index contributed by atoms with van der Waals surface area (Å²) in [5, 5.41) is 3.08. The van der Waals surface area contributed by atoms with Gasteiger partial charge in [0.05, 0.1) is 29.5 Å². The highest BCUT2D eigenvalue weighted by Gasteiger charge is 2.33. The zero-order valence-corrected chi connectivity index (χ0v) is 25.8. The van der Waals surface area contributed by atoms with Crippen LogP contribution in [0.15, 0.2) is 42.5 Å². The van der Waals surface area contributed by atoms with Gasteiger partial charge in [-0.15, -0.1) is 0 Å². The first-order valence-corrected chi connectivity index (χ1v) is 15.4. The molecule has 0 aromatic heterocycles. The van der Waals surface area contributed by atoms with Gasteiger partial charge in [0.15, 0.2) is 6.61 Å². The van der Waals surface area contributed by atoms with Crippen molar-refractivity contribution < 1.29 is 23.5 Å². The van der Waals surface area contributed by atoms with Crippen molar-refractivity contribution in [2.75, 3.05) is 88.9 Å². The lowest BCUT2D eigenvalue weighted by atomic mass is 10.2. The van der Waals surface area contributed by atoms with Crippen molar-refractivity contribution in [2.45, 2.75) is 26.0 Å². The van der Waals surface area contributed by atoms with Crippen molar-refractivity contribution in [3.63, 3.8) is 0 Å². The third-order valence-electron chi connectivity index (χ3n) is 8.23. The number of nitrogens with zero attached hydrogens (tertiary/aromatic N) is 5. The number of piperazine rings is 2. The maximum absolute atomic E-state index is 15.2. The van der Waals surface area contributed by atoms with Gasteiger partial charge < -0.3 is 29.5 Å². The van der Waals surface area contributed by atoms with Gasteiger partial charge in [-0.1, -0.05) is 31.3 Å². The van der Waals surface area contributed by atoms with Gasteiger partial charge in [0.2, 0.25) is 0 Å². The van der Waals surface area contributed by atoms with Crippen molar-refractivity contribution in [3.8, 4) is 5.75 Å². The number of carbonyl (C=O) groups is 2. The zero-order valence-electron chi connectivity index (χ0n) is 25.0. The predicted molar refractivity (Wildman–Crippen MR) is 168 cm³/mol. The molecule has 10 nitrogen and oxygen atoms in total. The molecule has 5 rings (SSSR count). The molecule has 43 heavy (non-hydrogen) atoms. The summed E-state index contributed by atoms with van der Waals surface area (Å²) in [6, 6.07) is 12.7. The smallest absolute Gasteiger partial charge is 0.414 e. The third kappa shape index (κ3) is 8.12. The molecular weight excluding hydrogens is 571 g/mol. The first-order chi connectivity index (χ1) is 20.8. The number of carbonyl (C=O) groups excluding carboxylic acids is 2. The van der Waals surface area contributed by atoms with Gasteiger partial charge in [-0.3, -0.25) is 14.6 Å². The Bertz CT molecular complexity index is 1280. The molecule has 12 heteroatoms. The Hall–Kier alpha value is -3.48. The molecule has 1 N–H and O–H groups in total. The average molecular weight is 613 g/mol. The number of halogens is 1. The van der Waals surface area contributed by atoms with Crippen LogP contribution in [0.1, 0.15) is 18.9 Å². The molecule has 0 bridgehead atoms. The summed E-state index contributed by atoms with van der Waals surface area (Å²) in [6.07, 6.45) is -0.146. The molecule has 0 radical (unpaired) electrons. The van der Waals surface area contributed by atoms with Gasteiger partial charge in [-0.05, 0) is 49.4 Å². The second-order valence-electron chi connectivity index (χ2n) is 11.3. The van der Waals surface area contributed by atoms with Gasteiger partial charge in [0, 0.05) is 58.9 Å². The number of hydrogen-bond acceptors (Lipinski definition) is 8. The molecule has 3 heterocycles. The molecule has 3 fully saturated rings. The number of anilines is 2. The molecule has 0 unspecified atom stereocenters. The summed E-state index contributed by atoms with van der Waals surface area (Å²) < 4.78 is 26.4. The number of benzene rings is 2. The molecule has 2 aromatic rings. The van der Waals surface area contributed by atoms with E-state index in [-0.39, 0.29) is 18.6 Å². The van der Waals surface area contributed by atoms with E-state index in [0.29, 0.717) is 61.4 Å². The van der Waals surface area contributed by atoms with Crippen molar-refractivity contribution in [1.82, 2.24) is 20.0 Å². The number of thiocarbonyl (C=S) groups is 1. The minimum Gasteiger partial charge on any atom is -0.484 e. The Morgan fingerprint density at radius 2 is 1.77 bits per heavy atom. The van der Waals surface area contributed by atoms with Crippen molar-refractivity contribution in [3.05, 3.63) is 53.8 Å². The standard InChI is InChI=1S/C31H41FN6O4S/c1-3-29(43)33-19-26-21-38(31(40)42-26)24-6-9-28(27(32)18-24)36-14-16-37(17-15-36)30(39)22-41-25-7-4-23(5-8-25)20-35-12-10-34(2)11-13-35/h4-9,18,26H,3,10-17,19-22H2,1-2H3,(H,33,43)/t26-/m0/s1. The largest absolute Gasteiger partial charge is 0.484 e. The highest BCUT2D eigenvalue weighted by molar-refractivity contribution is 7.80. The van der Waals surface area contributed by atoms with Crippen LogP contribution >= 0.6 is 12.2 Å². The van der Waals surface area contributed by atoms with Crippen LogP contribution in [0.2, 0.25) is 0 Å². The van der Waals surface area contributed by atoms with Crippen LogP contribution in [0.3, 0.4) is 0 Å². The Morgan fingerprint density at radius 3 is 2.44 bits per heavy atom. The Labute approximate surface area is 258 Å². The van der Waals surface area contributed by atoms with Crippen LogP contribution in [0, 0.1) is 5.82 Å². The second-order valence-corrected chi connectivity index (χ2v) is 11.8. The Kier molecular flexibility index (Phi) is 10.3. The number of nitrogens with one attached hydrogen (secondary N) is 1. The molecule has 2 aromatic carbocycles. The molecule has 3 saturated heterocycles. The molecule has 0 saturated carbocycles. The van der Waals surface area contributed by atoms with E-state index >= 15 is 4.39 Å². The van der Waals surface area contributed by atoms with Crippen molar-refractivity contribution in [2.24, 2.45) is 0 Å². The number of rotatable bonds is 10. The van der Waals surface area contributed by atoms with Crippen LogP contribution in [0.5, 0.6) is 5.75 Å². The predicted octanol–water partition coefficient (Wildman–Crippen LogP) is 2.95. The SMILES string of the molecule is CCC(=S)NC[C@H]1CN(c2ccc(N3CCN(C(=O)COc4ccc(CN5CCN(C)CC5)cc4)CC3)c(F)c2)C(=O)O1. The quantitative estimate of drug-likeness (QED) is 0.408. The van der Waals surface area contributed by atoms with Crippen molar-refractivity contribution >= 4 is 40.6 Å². The normalized spacial score (nSPS) is 19.8. The van der Waals surface area contributed by atoms with E-state index in [1.807, 2.05) is 24.0 Å². The number of amides is 2. The zero-order chi connectivity index (χ0) is 30.3. The van der Waals surface area contributed by atoms with Gasteiger partial charge in [-0.2, -0.15) is 0 Å². The highest BCUT2D eigenvalue weighted by atomic mass is 32.1. The highest BCUT2D eigenvalue weighted by Crippen LogP contribution is 2.28. The van der Waals surface area contributed by atoms with E-state index in [1.165, 1.54) is 16.5 Å². The number of hydrogen-bond donors (Lipinski definition) is 1. The lowest BCUT2D eigenvalue weighted by Crippen LogP contribution is -2.50. The summed E-state index contributed by atoms with van der Waals surface area (Å²) in [5.41, 5.74) is 2.13. The minimum atomic E-state index is -0.502. The van der Waals surface area contributed by atoms with E-state index in [4.69, 9.17) is 21.7 Å². The molecule has 232 valence electrons. The van der Waals surface area contributed by atoms with E-state index < -0.39 is 11.9 Å². The molecule has 1 atom stereocenters. The topological polar surface area (TPSA) is 80.8 Å². The maximum atomic E-state index is 15.2. The minimum absolute atomic E-state index is 0.0342. The molecule has 0 aliphatic carbocycles. The van der Waals surface area contributed by atoms with Gasteiger partial charge >= 0.3 is 6.09 Å². The van der Waals surface area contributed by atoms with Gasteiger partial charge in [0.1, 0.15) is 17.7 Å². The molecule has 3 aliphatic rings. The second kappa shape index (κ2) is 14.3. The molecule has 2 amide bonds. The fourth-order valence-electron chi connectivity index (χ4n) is 5.50. The summed E-state index contributed by atoms with van der Waals surface area (Å²) in [4.78, 5) is 35.8. The Balaban J connectivity index is 1.06. The fraction of sp³-hybridized carbons (Fsp3) is 0.516.